The SMILES string of the molecule is CC(O)CN(CC(C)O)c1nc(Cl)nc(Nc2ccc(/C=C/c3ccc(Nc4nc(Cl)nc(Nc5ccccc5)n4)cc3S(=O)(=O)O)c(S(=O)(=O)O)c2)n1. The van der Waals surface area contributed by atoms with Crippen LogP contribution < -0.4 is 20.9 Å². The Morgan fingerprint density at radius 3 is 1.50 bits per heavy atom. The standard InChI is InChI=1S/C32H32Cl2N10O8S2/c1-18(45)16-44(17-19(2)46)32-41-28(34)40-31(43-32)37-24-13-11-21(26(15-24)54(50,51)52)9-8-20-10-12-23(14-25(20)53(47,48)49)36-30-39-27(33)38-29(42-30)35-22-6-4-3-5-7-22/h3-15,18-19,45-46H,16-17H2,1-2H3,(H,47,48,49)(H,50,51,52)(H,37,40,41,43)(H2,35,36,38,39,42)/b9-8+. The van der Waals surface area contributed by atoms with Crippen molar-refractivity contribution < 1.29 is 36.2 Å². The monoisotopic (exact) mass is 818 g/mol. The van der Waals surface area contributed by atoms with Crippen molar-refractivity contribution in [3.63, 3.8) is 0 Å². The molecule has 2 heterocycles. The predicted octanol–water partition coefficient (Wildman–Crippen LogP) is 4.83. The molecule has 18 nitrogen and oxygen atoms in total. The van der Waals surface area contributed by atoms with E-state index in [1.54, 1.807) is 24.3 Å². The summed E-state index contributed by atoms with van der Waals surface area (Å²) in [6.07, 6.45) is 0.825. The van der Waals surface area contributed by atoms with Gasteiger partial charge in [0.1, 0.15) is 9.79 Å². The number of aliphatic hydroxyl groups excluding tert-OH is 2. The van der Waals surface area contributed by atoms with E-state index in [1.165, 1.54) is 55.2 Å². The fourth-order valence-electron chi connectivity index (χ4n) is 4.91. The van der Waals surface area contributed by atoms with Gasteiger partial charge in [-0.25, -0.2) is 0 Å². The molecule has 54 heavy (non-hydrogen) atoms. The van der Waals surface area contributed by atoms with Gasteiger partial charge in [-0.15, -0.1) is 0 Å². The number of halogens is 2. The van der Waals surface area contributed by atoms with Crippen LogP contribution in [0, 0.1) is 0 Å². The van der Waals surface area contributed by atoms with Crippen molar-refractivity contribution in [3.8, 4) is 0 Å². The van der Waals surface area contributed by atoms with Gasteiger partial charge in [0.15, 0.2) is 0 Å². The molecule has 2 aromatic heterocycles. The first kappa shape index (κ1) is 40.1. The summed E-state index contributed by atoms with van der Waals surface area (Å²) >= 11 is 12.2. The van der Waals surface area contributed by atoms with E-state index in [1.807, 2.05) is 6.07 Å². The summed E-state index contributed by atoms with van der Waals surface area (Å²) in [7, 11) is -9.70. The molecule has 5 aromatic rings. The number of nitrogens with one attached hydrogen (secondary N) is 3. The Hall–Kier alpha value is -5.06. The van der Waals surface area contributed by atoms with Crippen LogP contribution in [0.2, 0.25) is 10.6 Å². The van der Waals surface area contributed by atoms with Gasteiger partial charge >= 0.3 is 0 Å². The second-order valence-electron chi connectivity index (χ2n) is 11.6. The van der Waals surface area contributed by atoms with Crippen LogP contribution in [0.5, 0.6) is 0 Å². The van der Waals surface area contributed by atoms with Gasteiger partial charge in [0, 0.05) is 30.2 Å². The first-order valence-corrected chi connectivity index (χ1v) is 19.3. The van der Waals surface area contributed by atoms with Crippen molar-refractivity contribution in [3.05, 3.63) is 88.4 Å². The van der Waals surface area contributed by atoms with Gasteiger partial charge in [-0.2, -0.15) is 46.7 Å². The Balaban J connectivity index is 1.42. The normalized spacial score (nSPS) is 13.0. The summed E-state index contributed by atoms with van der Waals surface area (Å²) in [6.45, 7) is 3.18. The van der Waals surface area contributed by atoms with Crippen molar-refractivity contribution >= 4 is 96.4 Å². The topological polar surface area (TPSA) is 266 Å². The van der Waals surface area contributed by atoms with E-state index < -0.39 is 42.2 Å². The Kier molecular flexibility index (Phi) is 12.6. The van der Waals surface area contributed by atoms with Crippen molar-refractivity contribution in [2.75, 3.05) is 33.9 Å². The number of anilines is 7. The lowest BCUT2D eigenvalue weighted by Gasteiger charge is -2.25. The van der Waals surface area contributed by atoms with Gasteiger partial charge < -0.3 is 31.1 Å². The molecule has 0 aliphatic rings. The molecule has 0 fully saturated rings. The maximum atomic E-state index is 12.5. The zero-order valence-corrected chi connectivity index (χ0v) is 31.3. The molecule has 2 unspecified atom stereocenters. The van der Waals surface area contributed by atoms with Gasteiger partial charge in [-0.05, 0) is 84.6 Å². The number of hydrogen-bond donors (Lipinski definition) is 7. The van der Waals surface area contributed by atoms with E-state index in [-0.39, 0.29) is 70.0 Å². The molecule has 22 heteroatoms. The molecule has 284 valence electrons. The van der Waals surface area contributed by atoms with Gasteiger partial charge in [0.2, 0.25) is 34.4 Å². The fourth-order valence-corrected chi connectivity index (χ4v) is 6.64. The lowest BCUT2D eigenvalue weighted by atomic mass is 10.1. The third-order valence-corrected chi connectivity index (χ3v) is 9.18. The molecule has 0 spiro atoms. The smallest absolute Gasteiger partial charge is 0.295 e. The zero-order valence-electron chi connectivity index (χ0n) is 28.2. The first-order valence-electron chi connectivity index (χ1n) is 15.6. The summed E-state index contributed by atoms with van der Waals surface area (Å²) in [5.41, 5.74) is 0.812. The first-order chi connectivity index (χ1) is 25.4. The van der Waals surface area contributed by atoms with E-state index in [2.05, 4.69) is 45.9 Å². The molecule has 2 atom stereocenters. The van der Waals surface area contributed by atoms with Crippen LogP contribution >= 0.6 is 23.2 Å². The van der Waals surface area contributed by atoms with Crippen LogP contribution in [-0.4, -0.2) is 91.4 Å². The molecular formula is C32H32Cl2N10O8S2. The molecule has 0 radical (unpaired) electrons. The number of rotatable bonds is 15. The molecular weight excluding hydrogens is 787 g/mol. The summed E-state index contributed by atoms with van der Waals surface area (Å²) in [6, 6.07) is 16.7. The molecule has 0 aliphatic carbocycles. The predicted molar refractivity (Wildman–Crippen MR) is 203 cm³/mol. The third kappa shape index (κ3) is 11.2. The number of aromatic nitrogens is 6. The minimum Gasteiger partial charge on any atom is -0.392 e. The zero-order chi connectivity index (χ0) is 39.2. The van der Waals surface area contributed by atoms with E-state index >= 15 is 0 Å². The average molecular weight is 820 g/mol. The minimum atomic E-state index is -4.86. The van der Waals surface area contributed by atoms with Crippen LogP contribution in [-0.2, 0) is 20.2 Å². The highest BCUT2D eigenvalue weighted by atomic mass is 35.5. The van der Waals surface area contributed by atoms with Crippen LogP contribution in [0.25, 0.3) is 12.2 Å². The molecule has 5 rings (SSSR count). The van der Waals surface area contributed by atoms with E-state index in [9.17, 15) is 36.2 Å². The van der Waals surface area contributed by atoms with E-state index in [0.29, 0.717) is 5.69 Å². The summed E-state index contributed by atoms with van der Waals surface area (Å²) < 4.78 is 70.0. The highest BCUT2D eigenvalue weighted by Gasteiger charge is 2.20. The number of para-hydroxylation sites is 1. The summed E-state index contributed by atoms with van der Waals surface area (Å²) in [5.74, 6) is -0.0444. The van der Waals surface area contributed by atoms with Crippen LogP contribution in [0.15, 0.2) is 76.5 Å². The third-order valence-electron chi connectivity index (χ3n) is 7.02. The van der Waals surface area contributed by atoms with Gasteiger partial charge in [-0.3, -0.25) is 9.11 Å². The minimum absolute atomic E-state index is 0.0200. The second-order valence-corrected chi connectivity index (χ2v) is 15.1. The molecule has 0 aliphatic heterocycles. The van der Waals surface area contributed by atoms with Crippen molar-refractivity contribution in [1.29, 1.82) is 0 Å². The van der Waals surface area contributed by atoms with Crippen molar-refractivity contribution in [2.24, 2.45) is 0 Å². The second kappa shape index (κ2) is 17.0. The highest BCUT2D eigenvalue weighted by Crippen LogP contribution is 2.29. The number of nitrogens with zero attached hydrogens (tertiary/aromatic N) is 7. The van der Waals surface area contributed by atoms with Gasteiger partial charge in [0.05, 0.1) is 12.2 Å². The lowest BCUT2D eigenvalue weighted by molar-refractivity contribution is 0.177. The van der Waals surface area contributed by atoms with Crippen LogP contribution in [0.4, 0.5) is 40.9 Å². The highest BCUT2D eigenvalue weighted by molar-refractivity contribution is 7.86. The molecule has 7 N–H and O–H groups in total. The summed E-state index contributed by atoms with van der Waals surface area (Å²) in [5, 5.41) is 28.0. The summed E-state index contributed by atoms with van der Waals surface area (Å²) in [4.78, 5) is 25.0. The molecule has 3 aromatic carbocycles. The Labute approximate surface area is 319 Å². The molecule has 0 amide bonds. The number of benzene rings is 3. The number of hydrogen-bond acceptors (Lipinski definition) is 16. The van der Waals surface area contributed by atoms with Gasteiger partial charge in [0.25, 0.3) is 20.2 Å². The molecule has 0 saturated carbocycles. The van der Waals surface area contributed by atoms with Crippen LogP contribution in [0.3, 0.4) is 0 Å². The van der Waals surface area contributed by atoms with Gasteiger partial charge in [-0.1, -0.05) is 42.5 Å². The van der Waals surface area contributed by atoms with Crippen molar-refractivity contribution in [2.45, 2.75) is 35.8 Å². The Morgan fingerprint density at radius 1 is 0.630 bits per heavy atom. The maximum Gasteiger partial charge on any atom is 0.295 e. The average Bonchev–Trinajstić information content (AvgIpc) is 3.06. The Bertz CT molecular complexity index is 2380. The fraction of sp³-hybridized carbons (Fsp3) is 0.188. The molecule has 0 bridgehead atoms. The van der Waals surface area contributed by atoms with Crippen LogP contribution in [0.1, 0.15) is 25.0 Å². The quantitative estimate of drug-likeness (QED) is 0.0551. The Morgan fingerprint density at radius 2 is 1.06 bits per heavy atom. The number of aliphatic hydroxyl groups is 2. The van der Waals surface area contributed by atoms with E-state index in [0.717, 1.165) is 12.1 Å². The lowest BCUT2D eigenvalue weighted by Crippen LogP contribution is -2.37. The largest absolute Gasteiger partial charge is 0.392 e. The molecule has 0 saturated heterocycles. The van der Waals surface area contributed by atoms with E-state index in [4.69, 9.17) is 23.2 Å². The van der Waals surface area contributed by atoms with Crippen molar-refractivity contribution in [1.82, 2.24) is 29.9 Å². The maximum absolute atomic E-state index is 12.5.